The van der Waals surface area contributed by atoms with E-state index in [-0.39, 0.29) is 0 Å². The topological polar surface area (TPSA) is 76.3 Å². The number of hydrogen-bond donors (Lipinski definition) is 1. The van der Waals surface area contributed by atoms with E-state index in [1.54, 1.807) is 12.3 Å². The van der Waals surface area contributed by atoms with Crippen molar-refractivity contribution in [2.75, 3.05) is 4.90 Å². The van der Waals surface area contributed by atoms with Crippen LogP contribution in [-0.2, 0) is 11.2 Å². The van der Waals surface area contributed by atoms with Crippen molar-refractivity contribution in [2.24, 2.45) is 5.73 Å². The molecule has 0 unspecified atom stereocenters. The zero-order valence-corrected chi connectivity index (χ0v) is 7.23. The maximum Gasteiger partial charge on any atom is 0.326 e. The smallest absolute Gasteiger partial charge is 0.326 e. The molecule has 3 amide bonds. The van der Waals surface area contributed by atoms with Gasteiger partial charge in [-0.25, -0.2) is 9.69 Å². The Hall–Kier alpha value is -1.91. The van der Waals surface area contributed by atoms with E-state index in [1.165, 1.54) is 6.20 Å². The summed E-state index contributed by atoms with van der Waals surface area (Å²) in [4.78, 5) is 27.0. The van der Waals surface area contributed by atoms with Gasteiger partial charge in [-0.05, 0) is 18.1 Å². The molecule has 70 valence electrons. The monoisotopic (exact) mass is 189 g/mol. The molecule has 0 spiro atoms. The minimum Gasteiger partial charge on any atom is -0.351 e. The number of amides is 3. The van der Waals surface area contributed by atoms with E-state index in [1.807, 2.05) is 0 Å². The molecule has 0 saturated carbocycles. The summed E-state index contributed by atoms with van der Waals surface area (Å²) in [6, 6.07) is 0.918. The summed E-state index contributed by atoms with van der Waals surface area (Å²) < 4.78 is 0. The van der Waals surface area contributed by atoms with Gasteiger partial charge >= 0.3 is 6.03 Å². The number of carbonyl (C=O) groups is 2. The summed E-state index contributed by atoms with van der Waals surface area (Å²) in [5.41, 5.74) is 6.34. The fourth-order valence-electron chi connectivity index (χ4n) is 1.34. The van der Waals surface area contributed by atoms with Crippen molar-refractivity contribution in [3.63, 3.8) is 0 Å². The van der Waals surface area contributed by atoms with Gasteiger partial charge in [0, 0.05) is 6.20 Å². The van der Waals surface area contributed by atoms with E-state index in [0.717, 1.165) is 10.5 Å². The molecule has 1 aliphatic rings. The van der Waals surface area contributed by atoms with Crippen LogP contribution in [0.4, 0.5) is 10.5 Å². The summed E-state index contributed by atoms with van der Waals surface area (Å²) in [7, 11) is 0. The van der Waals surface area contributed by atoms with E-state index < -0.39 is 11.9 Å². The van der Waals surface area contributed by atoms with Crippen molar-refractivity contribution in [1.29, 1.82) is 0 Å². The van der Waals surface area contributed by atoms with Crippen molar-refractivity contribution in [1.82, 2.24) is 4.98 Å². The number of carbonyl (C=O) groups excluding carboxylic acids is 2. The van der Waals surface area contributed by atoms with Crippen LogP contribution in [0.5, 0.6) is 0 Å². The molecule has 1 aromatic heterocycles. The Morgan fingerprint density at radius 3 is 3.14 bits per heavy atom. The van der Waals surface area contributed by atoms with E-state index >= 15 is 0 Å². The number of pyridine rings is 1. The normalized spacial score (nSPS) is 15.1. The number of nitrogens with two attached hydrogens (primary N) is 1. The lowest BCUT2D eigenvalue weighted by atomic mass is 10.0. The molecule has 2 N–H and O–H groups in total. The number of rotatable bonds is 0. The van der Waals surface area contributed by atoms with E-state index in [0.29, 0.717) is 12.1 Å². The SMILES string of the molecule is NC(=O)N1C(=O)[C]Cc2ccncc21. The lowest BCUT2D eigenvalue weighted by Gasteiger charge is -2.24. The van der Waals surface area contributed by atoms with E-state index in [4.69, 9.17) is 5.73 Å². The van der Waals surface area contributed by atoms with E-state index in [2.05, 4.69) is 11.4 Å². The summed E-state index contributed by atoms with van der Waals surface area (Å²) in [5.74, 6) is -0.516. The van der Waals surface area contributed by atoms with Crippen molar-refractivity contribution >= 4 is 17.6 Å². The van der Waals surface area contributed by atoms with Gasteiger partial charge < -0.3 is 5.73 Å². The predicted molar refractivity (Wildman–Crippen MR) is 48.3 cm³/mol. The highest BCUT2D eigenvalue weighted by atomic mass is 16.2. The molecule has 0 bridgehead atoms. The second-order valence-corrected chi connectivity index (χ2v) is 2.84. The quantitative estimate of drug-likeness (QED) is 0.630. The van der Waals surface area contributed by atoms with Crippen molar-refractivity contribution in [3.8, 4) is 0 Å². The van der Waals surface area contributed by atoms with Gasteiger partial charge in [0.15, 0.2) is 0 Å². The molecule has 0 aromatic carbocycles. The Labute approximate surface area is 80.5 Å². The maximum atomic E-state index is 11.3. The molecule has 14 heavy (non-hydrogen) atoms. The highest BCUT2D eigenvalue weighted by molar-refractivity contribution is 6.18. The van der Waals surface area contributed by atoms with Crippen molar-refractivity contribution < 1.29 is 9.59 Å². The molecule has 0 atom stereocenters. The molecule has 1 aromatic rings. The molecular formula is C9H7N3O2. The molecular weight excluding hydrogens is 182 g/mol. The maximum absolute atomic E-state index is 11.3. The molecule has 0 aliphatic carbocycles. The van der Waals surface area contributed by atoms with Crippen LogP contribution in [0.2, 0.25) is 0 Å². The van der Waals surface area contributed by atoms with Crippen molar-refractivity contribution in [2.45, 2.75) is 6.42 Å². The number of imide groups is 1. The van der Waals surface area contributed by atoms with Gasteiger partial charge in [-0.3, -0.25) is 9.78 Å². The molecule has 1 aliphatic heterocycles. The molecule has 2 radical (unpaired) electrons. The van der Waals surface area contributed by atoms with E-state index in [9.17, 15) is 9.59 Å². The van der Waals surface area contributed by atoms with Crippen LogP contribution in [0.15, 0.2) is 18.5 Å². The lowest BCUT2D eigenvalue weighted by molar-refractivity contribution is -0.115. The first-order valence-corrected chi connectivity index (χ1v) is 4.00. The lowest BCUT2D eigenvalue weighted by Crippen LogP contribution is -2.43. The molecule has 2 rings (SSSR count). The van der Waals surface area contributed by atoms with Crippen LogP contribution >= 0.6 is 0 Å². The number of urea groups is 1. The van der Waals surface area contributed by atoms with Gasteiger partial charge in [-0.1, -0.05) is 0 Å². The molecule has 5 nitrogen and oxygen atoms in total. The zero-order valence-electron chi connectivity index (χ0n) is 7.23. The second-order valence-electron chi connectivity index (χ2n) is 2.84. The van der Waals surface area contributed by atoms with Crippen molar-refractivity contribution in [3.05, 3.63) is 30.4 Å². The Morgan fingerprint density at radius 2 is 2.43 bits per heavy atom. The number of fused-ring (bicyclic) bond motifs is 1. The van der Waals surface area contributed by atoms with Crippen LogP contribution in [0, 0.1) is 6.42 Å². The number of primary amides is 1. The number of nitrogens with zero attached hydrogens (tertiary/aromatic N) is 2. The van der Waals surface area contributed by atoms with Gasteiger partial charge in [0.2, 0.25) is 5.91 Å². The number of aromatic nitrogens is 1. The van der Waals surface area contributed by atoms with Gasteiger partial charge in [0.1, 0.15) is 0 Å². The van der Waals surface area contributed by atoms with Crippen LogP contribution in [-0.4, -0.2) is 16.9 Å². The Kier molecular flexibility index (Phi) is 1.92. The third kappa shape index (κ3) is 1.22. The third-order valence-electron chi connectivity index (χ3n) is 1.98. The first-order valence-electron chi connectivity index (χ1n) is 4.00. The van der Waals surface area contributed by atoms with Crippen LogP contribution < -0.4 is 10.6 Å². The Balaban J connectivity index is 2.51. The summed E-state index contributed by atoms with van der Waals surface area (Å²) in [6.07, 6.45) is 5.95. The highest BCUT2D eigenvalue weighted by Gasteiger charge is 2.28. The molecule has 2 heterocycles. The summed E-state index contributed by atoms with van der Waals surface area (Å²) >= 11 is 0. The molecule has 5 heteroatoms. The zero-order chi connectivity index (χ0) is 10.1. The van der Waals surface area contributed by atoms with Gasteiger partial charge in [0.25, 0.3) is 0 Å². The molecule has 0 fully saturated rings. The summed E-state index contributed by atoms with van der Waals surface area (Å²) in [5, 5.41) is 0. The fraction of sp³-hybridized carbons (Fsp3) is 0.111. The Bertz CT molecular complexity index is 403. The minimum absolute atomic E-state index is 0.389. The third-order valence-corrected chi connectivity index (χ3v) is 1.98. The van der Waals surface area contributed by atoms with Crippen LogP contribution in [0.25, 0.3) is 0 Å². The summed E-state index contributed by atoms with van der Waals surface area (Å²) in [6.45, 7) is 0. The first kappa shape index (κ1) is 8.68. The number of anilines is 1. The average Bonchev–Trinajstić information content (AvgIpc) is 2.17. The Morgan fingerprint density at radius 1 is 1.64 bits per heavy atom. The highest BCUT2D eigenvalue weighted by Crippen LogP contribution is 2.25. The second kappa shape index (κ2) is 3.10. The minimum atomic E-state index is -0.809. The van der Waals surface area contributed by atoms with Gasteiger partial charge in [-0.2, -0.15) is 0 Å². The first-order chi connectivity index (χ1) is 6.70. The van der Waals surface area contributed by atoms with Gasteiger partial charge in [-0.15, -0.1) is 0 Å². The number of hydrogen-bond acceptors (Lipinski definition) is 3. The average molecular weight is 189 g/mol. The van der Waals surface area contributed by atoms with Crippen LogP contribution in [0.1, 0.15) is 5.56 Å². The largest absolute Gasteiger partial charge is 0.351 e. The fourth-order valence-corrected chi connectivity index (χ4v) is 1.34. The van der Waals surface area contributed by atoms with Crippen LogP contribution in [0.3, 0.4) is 0 Å². The molecule has 0 saturated heterocycles. The standard InChI is InChI=1S/C9H7N3O2/c10-9(14)12-7-5-11-4-3-6(7)1-2-8(12)13/h3-5H,1H2,(H2,10,14). The predicted octanol–water partition coefficient (Wildman–Crippen LogP) is 0.131. The van der Waals surface area contributed by atoms with Gasteiger partial charge in [0.05, 0.1) is 18.3 Å².